The summed E-state index contributed by atoms with van der Waals surface area (Å²) in [6.45, 7) is 1.54. The third kappa shape index (κ3) is 5.49. The summed E-state index contributed by atoms with van der Waals surface area (Å²) in [7, 11) is 0. The molecule has 54 heavy (non-hydrogen) atoms. The van der Waals surface area contributed by atoms with E-state index in [0.717, 1.165) is 74.0 Å². The summed E-state index contributed by atoms with van der Waals surface area (Å²) < 4.78 is 2.34. The van der Waals surface area contributed by atoms with Crippen molar-refractivity contribution in [2.24, 2.45) is 0 Å². The lowest BCUT2D eigenvalue weighted by Gasteiger charge is -2.24. The van der Waals surface area contributed by atoms with Crippen LogP contribution in [0.3, 0.4) is 0 Å². The number of nitrogens with zero attached hydrogens (tertiary/aromatic N) is 5. The maximum Gasteiger partial charge on any atom is 0.0991 e. The molecule has 3 aromatic heterocycles. The average Bonchev–Trinajstić information content (AvgIpc) is 3.48. The Morgan fingerprint density at radius 1 is 0.463 bits per heavy atom. The summed E-state index contributed by atoms with van der Waals surface area (Å²) in [6.07, 6.45) is 7.48. The molecule has 0 radical (unpaired) electrons. The van der Waals surface area contributed by atoms with E-state index in [1.54, 1.807) is 0 Å². The Morgan fingerprint density at radius 3 is 1.87 bits per heavy atom. The minimum atomic E-state index is 0.664. The Labute approximate surface area is 313 Å². The average molecular weight is 692 g/mol. The van der Waals surface area contributed by atoms with E-state index in [1.165, 1.54) is 27.9 Å². The van der Waals surface area contributed by atoms with Crippen LogP contribution in [0.15, 0.2) is 176 Å². The number of fused-ring (bicyclic) bond motifs is 6. The van der Waals surface area contributed by atoms with Crippen LogP contribution in [0.2, 0.25) is 0 Å². The summed E-state index contributed by atoms with van der Waals surface area (Å²) in [6, 6.07) is 56.4. The molecule has 0 fully saturated rings. The van der Waals surface area contributed by atoms with Crippen LogP contribution < -0.4 is 4.90 Å². The molecule has 254 valence electrons. The van der Waals surface area contributed by atoms with Crippen molar-refractivity contribution in [2.45, 2.75) is 13.1 Å². The minimum absolute atomic E-state index is 0.664. The zero-order chi connectivity index (χ0) is 36.0. The SMILES string of the molecule is N#Cc1ccc2c(c1)c1ccccc1n2-c1ccc2c(c1)CN(c1ccccc1)Cc1ccc(-c3cc(-c4cccnc4)cc(-c4cccnc4)c3)cc1-2. The number of hydrogen-bond acceptors (Lipinski definition) is 4. The standard InChI is InChI=1S/C49H33N5/c50-28-33-14-19-49-47(22-33)45-12-4-5-13-48(45)54(49)43-17-18-44-41(26-43)32-53(42-10-2-1-3-11-42)31-37-16-15-34(27-46(37)44)38-23-39(35-8-6-20-51-29-35)25-40(24-38)36-9-7-21-52-30-36/h1-27,29-30H,31-32H2. The summed E-state index contributed by atoms with van der Waals surface area (Å²) in [5.74, 6) is 0. The lowest BCUT2D eigenvalue weighted by molar-refractivity contribution is 0.812. The van der Waals surface area contributed by atoms with E-state index in [-0.39, 0.29) is 0 Å². The van der Waals surface area contributed by atoms with E-state index >= 15 is 0 Å². The van der Waals surface area contributed by atoms with Gasteiger partial charge in [0.05, 0.1) is 22.7 Å². The number of anilines is 1. The monoisotopic (exact) mass is 691 g/mol. The van der Waals surface area contributed by atoms with Gasteiger partial charge >= 0.3 is 0 Å². The molecule has 5 heteroatoms. The molecule has 0 saturated carbocycles. The fraction of sp³-hybridized carbons (Fsp3) is 0.0408. The first-order chi connectivity index (χ1) is 26.7. The largest absolute Gasteiger partial charge is 0.363 e. The first-order valence-corrected chi connectivity index (χ1v) is 18.2. The van der Waals surface area contributed by atoms with Gasteiger partial charge in [-0.2, -0.15) is 5.26 Å². The molecule has 0 aliphatic carbocycles. The van der Waals surface area contributed by atoms with Crippen LogP contribution in [0.1, 0.15) is 16.7 Å². The molecule has 0 bridgehead atoms. The highest BCUT2D eigenvalue weighted by Gasteiger charge is 2.23. The molecule has 5 nitrogen and oxygen atoms in total. The lowest BCUT2D eigenvalue weighted by atomic mass is 9.90. The number of benzene rings is 6. The highest BCUT2D eigenvalue weighted by atomic mass is 15.1. The summed E-state index contributed by atoms with van der Waals surface area (Å²) in [5, 5.41) is 11.9. The number of nitriles is 1. The van der Waals surface area contributed by atoms with Crippen molar-refractivity contribution < 1.29 is 0 Å². The summed E-state index contributed by atoms with van der Waals surface area (Å²) in [5.41, 5.74) is 16.8. The first kappa shape index (κ1) is 31.4. The van der Waals surface area contributed by atoms with Gasteiger partial charge in [-0.15, -0.1) is 0 Å². The molecule has 0 saturated heterocycles. The van der Waals surface area contributed by atoms with Gasteiger partial charge in [0.15, 0.2) is 0 Å². The Bertz CT molecular complexity index is 2830. The van der Waals surface area contributed by atoms with Gasteiger partial charge in [-0.25, -0.2) is 0 Å². The van der Waals surface area contributed by atoms with E-state index in [4.69, 9.17) is 0 Å². The number of para-hydroxylation sites is 2. The summed E-state index contributed by atoms with van der Waals surface area (Å²) >= 11 is 0. The smallest absolute Gasteiger partial charge is 0.0991 e. The van der Waals surface area contributed by atoms with E-state index < -0.39 is 0 Å². The number of hydrogen-bond donors (Lipinski definition) is 0. The second-order valence-corrected chi connectivity index (χ2v) is 13.9. The molecule has 1 aliphatic heterocycles. The van der Waals surface area contributed by atoms with Gasteiger partial charge in [0.1, 0.15) is 0 Å². The molecular formula is C49H33N5. The Balaban J connectivity index is 1.16. The molecule has 0 spiro atoms. The molecule has 10 rings (SSSR count). The predicted molar refractivity (Wildman–Crippen MR) is 219 cm³/mol. The van der Waals surface area contributed by atoms with Crippen LogP contribution in [0, 0.1) is 11.3 Å². The van der Waals surface area contributed by atoms with Crippen molar-refractivity contribution in [3.05, 3.63) is 193 Å². The molecule has 1 aliphatic rings. The quantitative estimate of drug-likeness (QED) is 0.180. The lowest BCUT2D eigenvalue weighted by Crippen LogP contribution is -2.20. The van der Waals surface area contributed by atoms with Crippen LogP contribution in [0.5, 0.6) is 0 Å². The van der Waals surface area contributed by atoms with Crippen molar-refractivity contribution in [1.29, 1.82) is 5.26 Å². The highest BCUT2D eigenvalue weighted by molar-refractivity contribution is 6.09. The van der Waals surface area contributed by atoms with Gasteiger partial charge in [0, 0.05) is 71.2 Å². The Morgan fingerprint density at radius 2 is 1.15 bits per heavy atom. The molecule has 0 atom stereocenters. The van der Waals surface area contributed by atoms with E-state index in [0.29, 0.717) is 5.56 Å². The maximum atomic E-state index is 9.71. The first-order valence-electron chi connectivity index (χ1n) is 18.2. The normalized spacial score (nSPS) is 12.2. The molecule has 0 amide bonds. The van der Waals surface area contributed by atoms with Crippen LogP contribution in [-0.2, 0) is 13.1 Å². The zero-order valence-corrected chi connectivity index (χ0v) is 29.4. The Hall–Kier alpha value is -7.29. The van der Waals surface area contributed by atoms with E-state index in [1.807, 2.05) is 49.1 Å². The predicted octanol–water partition coefficient (Wildman–Crippen LogP) is 11.6. The van der Waals surface area contributed by atoms with Gasteiger partial charge in [0.25, 0.3) is 0 Å². The van der Waals surface area contributed by atoms with E-state index in [2.05, 4.69) is 153 Å². The topological polar surface area (TPSA) is 57.7 Å². The van der Waals surface area contributed by atoms with Crippen LogP contribution >= 0.6 is 0 Å². The van der Waals surface area contributed by atoms with Crippen molar-refractivity contribution in [1.82, 2.24) is 14.5 Å². The van der Waals surface area contributed by atoms with Crippen LogP contribution in [0.25, 0.3) is 72.0 Å². The molecule has 0 N–H and O–H groups in total. The third-order valence-corrected chi connectivity index (χ3v) is 10.6. The maximum absolute atomic E-state index is 9.71. The fourth-order valence-electron chi connectivity index (χ4n) is 8.06. The summed E-state index contributed by atoms with van der Waals surface area (Å²) in [4.78, 5) is 11.3. The van der Waals surface area contributed by atoms with Crippen molar-refractivity contribution >= 4 is 27.5 Å². The van der Waals surface area contributed by atoms with Crippen molar-refractivity contribution in [2.75, 3.05) is 4.90 Å². The van der Waals surface area contributed by atoms with Gasteiger partial charge < -0.3 is 9.47 Å². The second-order valence-electron chi connectivity index (χ2n) is 13.9. The third-order valence-electron chi connectivity index (χ3n) is 10.6. The van der Waals surface area contributed by atoms with Crippen molar-refractivity contribution in [3.63, 3.8) is 0 Å². The van der Waals surface area contributed by atoms with Crippen LogP contribution in [-0.4, -0.2) is 14.5 Å². The van der Waals surface area contributed by atoms with Crippen molar-refractivity contribution in [3.8, 4) is 56.3 Å². The van der Waals surface area contributed by atoms with Gasteiger partial charge in [0.2, 0.25) is 0 Å². The number of aromatic nitrogens is 3. The molecule has 4 heterocycles. The molecule has 9 aromatic rings. The highest BCUT2D eigenvalue weighted by Crippen LogP contribution is 2.41. The minimum Gasteiger partial charge on any atom is -0.363 e. The van der Waals surface area contributed by atoms with Crippen LogP contribution in [0.4, 0.5) is 5.69 Å². The van der Waals surface area contributed by atoms with Gasteiger partial charge in [-0.3, -0.25) is 9.97 Å². The fourth-order valence-corrected chi connectivity index (χ4v) is 8.06. The number of pyridine rings is 2. The Kier molecular flexibility index (Phi) is 7.59. The molecule has 6 aromatic carbocycles. The molecule has 0 unspecified atom stereocenters. The molecular weight excluding hydrogens is 659 g/mol. The second kappa shape index (κ2) is 13.0. The zero-order valence-electron chi connectivity index (χ0n) is 29.4. The van der Waals surface area contributed by atoms with Gasteiger partial charge in [-0.1, -0.05) is 66.7 Å². The van der Waals surface area contributed by atoms with Gasteiger partial charge in [-0.05, 0) is 129 Å². The van der Waals surface area contributed by atoms with E-state index in [9.17, 15) is 5.26 Å². The number of rotatable bonds is 5.